The summed E-state index contributed by atoms with van der Waals surface area (Å²) in [5.74, 6) is 1.77. The number of hydrogen-bond donors (Lipinski definition) is 2. The molecule has 170 valence electrons. The zero-order valence-electron chi connectivity index (χ0n) is 19.7. The first-order valence-corrected chi connectivity index (χ1v) is 11.4. The van der Waals surface area contributed by atoms with E-state index in [1.165, 1.54) is 29.7 Å². The van der Waals surface area contributed by atoms with Gasteiger partial charge in [0.1, 0.15) is 5.75 Å². The highest BCUT2D eigenvalue weighted by molar-refractivity contribution is 5.79. The molecule has 0 aliphatic carbocycles. The fourth-order valence-electron chi connectivity index (χ4n) is 4.32. The minimum Gasteiger partial charge on any atom is -0.497 e. The summed E-state index contributed by atoms with van der Waals surface area (Å²) in [4.78, 5) is 7.51. The highest BCUT2D eigenvalue weighted by Crippen LogP contribution is 2.27. The van der Waals surface area contributed by atoms with Gasteiger partial charge in [-0.25, -0.2) is 0 Å². The number of benzene rings is 1. The summed E-state index contributed by atoms with van der Waals surface area (Å²) in [6.45, 7) is 11.0. The Bertz CT molecular complexity index is 852. The van der Waals surface area contributed by atoms with Crippen LogP contribution in [0.1, 0.15) is 48.3 Å². The third-order valence-electron chi connectivity index (χ3n) is 6.17. The Balaban J connectivity index is 1.67. The Kier molecular flexibility index (Phi) is 8.35. The smallest absolute Gasteiger partial charge is 0.191 e. The van der Waals surface area contributed by atoms with Gasteiger partial charge in [0.15, 0.2) is 5.96 Å². The van der Waals surface area contributed by atoms with Crippen molar-refractivity contribution in [1.82, 2.24) is 25.3 Å². The lowest BCUT2D eigenvalue weighted by molar-refractivity contribution is 0.251. The van der Waals surface area contributed by atoms with E-state index in [2.05, 4.69) is 53.5 Å². The number of nitrogens with zero attached hydrogens (tertiary/aromatic N) is 4. The Morgan fingerprint density at radius 3 is 2.45 bits per heavy atom. The normalized spacial score (nSPS) is 15.8. The second-order valence-corrected chi connectivity index (χ2v) is 8.20. The SMILES string of the molecule is CCNC(=NCC(c1ccc(OC)cc1)N1CCCC1)NCCc1c(C)nn(C)c1C. The molecule has 0 radical (unpaired) electrons. The second-order valence-electron chi connectivity index (χ2n) is 8.20. The lowest BCUT2D eigenvalue weighted by atomic mass is 10.1. The molecule has 31 heavy (non-hydrogen) atoms. The summed E-state index contributed by atoms with van der Waals surface area (Å²) < 4.78 is 7.29. The van der Waals surface area contributed by atoms with Crippen LogP contribution in [0.5, 0.6) is 5.75 Å². The predicted octanol–water partition coefficient (Wildman–Crippen LogP) is 2.98. The monoisotopic (exact) mass is 426 g/mol. The van der Waals surface area contributed by atoms with Gasteiger partial charge in [-0.3, -0.25) is 14.6 Å². The number of guanidine groups is 1. The van der Waals surface area contributed by atoms with E-state index < -0.39 is 0 Å². The zero-order chi connectivity index (χ0) is 22.2. The average molecular weight is 427 g/mol. The highest BCUT2D eigenvalue weighted by Gasteiger charge is 2.23. The first kappa shape index (κ1) is 23.1. The molecule has 7 heteroatoms. The largest absolute Gasteiger partial charge is 0.497 e. The van der Waals surface area contributed by atoms with Crippen molar-refractivity contribution in [3.63, 3.8) is 0 Å². The predicted molar refractivity (Wildman–Crippen MR) is 127 cm³/mol. The number of likely N-dealkylation sites (tertiary alicyclic amines) is 1. The number of hydrogen-bond acceptors (Lipinski definition) is 4. The summed E-state index contributed by atoms with van der Waals surface area (Å²) in [6.07, 6.45) is 3.46. The standard InChI is InChI=1S/C24H38N6O/c1-6-25-24(26-14-13-22-18(2)28-29(4)19(22)3)27-17-23(30-15-7-8-16-30)20-9-11-21(31-5)12-10-20/h9-12,23H,6-8,13-17H2,1-5H3,(H2,25,26,27). The van der Waals surface area contributed by atoms with Gasteiger partial charge in [-0.05, 0) is 76.4 Å². The lowest BCUT2D eigenvalue weighted by Gasteiger charge is -2.27. The summed E-state index contributed by atoms with van der Waals surface area (Å²) in [5.41, 5.74) is 4.95. The van der Waals surface area contributed by atoms with Crippen molar-refractivity contribution in [3.8, 4) is 5.75 Å². The molecule has 2 aromatic rings. The Hall–Kier alpha value is -2.54. The summed E-state index contributed by atoms with van der Waals surface area (Å²) in [6, 6.07) is 8.72. The number of ether oxygens (including phenoxy) is 1. The molecular weight excluding hydrogens is 388 g/mol. The molecule has 0 spiro atoms. The number of aromatic nitrogens is 2. The Morgan fingerprint density at radius 2 is 1.87 bits per heavy atom. The summed E-state index contributed by atoms with van der Waals surface area (Å²) in [7, 11) is 3.71. The number of rotatable bonds is 9. The molecule has 1 unspecified atom stereocenters. The maximum atomic E-state index is 5.34. The maximum absolute atomic E-state index is 5.34. The lowest BCUT2D eigenvalue weighted by Crippen LogP contribution is -2.39. The highest BCUT2D eigenvalue weighted by atomic mass is 16.5. The first-order valence-electron chi connectivity index (χ1n) is 11.4. The zero-order valence-corrected chi connectivity index (χ0v) is 19.7. The molecule has 7 nitrogen and oxygen atoms in total. The minimum atomic E-state index is 0.284. The van der Waals surface area contributed by atoms with E-state index >= 15 is 0 Å². The van der Waals surface area contributed by atoms with Gasteiger partial charge in [0, 0.05) is 25.8 Å². The summed E-state index contributed by atoms with van der Waals surface area (Å²) in [5, 5.41) is 11.4. The molecule has 0 amide bonds. The molecule has 1 fully saturated rings. The van der Waals surface area contributed by atoms with Crippen molar-refractivity contribution >= 4 is 5.96 Å². The number of methoxy groups -OCH3 is 1. The van der Waals surface area contributed by atoms with E-state index in [0.29, 0.717) is 0 Å². The van der Waals surface area contributed by atoms with Crippen LogP contribution in [0.15, 0.2) is 29.3 Å². The van der Waals surface area contributed by atoms with Gasteiger partial charge in [-0.1, -0.05) is 12.1 Å². The molecule has 0 saturated carbocycles. The van der Waals surface area contributed by atoms with Crippen molar-refractivity contribution in [3.05, 3.63) is 46.8 Å². The molecule has 1 atom stereocenters. The van der Waals surface area contributed by atoms with Crippen LogP contribution in [0.25, 0.3) is 0 Å². The van der Waals surface area contributed by atoms with E-state index in [1.807, 2.05) is 23.9 Å². The fourth-order valence-corrected chi connectivity index (χ4v) is 4.32. The van der Waals surface area contributed by atoms with Crippen LogP contribution in [0.3, 0.4) is 0 Å². The van der Waals surface area contributed by atoms with E-state index in [9.17, 15) is 0 Å². The van der Waals surface area contributed by atoms with Crippen LogP contribution in [0.2, 0.25) is 0 Å². The van der Waals surface area contributed by atoms with Gasteiger partial charge in [-0.2, -0.15) is 5.10 Å². The van der Waals surface area contributed by atoms with Crippen LogP contribution < -0.4 is 15.4 Å². The maximum Gasteiger partial charge on any atom is 0.191 e. The second kappa shape index (κ2) is 11.2. The Labute approximate surface area is 186 Å². The van der Waals surface area contributed by atoms with E-state index in [1.54, 1.807) is 7.11 Å². The van der Waals surface area contributed by atoms with Gasteiger partial charge in [0.2, 0.25) is 0 Å². The third kappa shape index (κ3) is 6.00. The molecule has 0 bridgehead atoms. The van der Waals surface area contributed by atoms with E-state index in [4.69, 9.17) is 9.73 Å². The van der Waals surface area contributed by atoms with Crippen LogP contribution >= 0.6 is 0 Å². The van der Waals surface area contributed by atoms with Crippen molar-refractivity contribution in [1.29, 1.82) is 0 Å². The van der Waals surface area contributed by atoms with Crippen LogP contribution in [-0.4, -0.2) is 60.5 Å². The quantitative estimate of drug-likeness (QED) is 0.477. The van der Waals surface area contributed by atoms with Gasteiger partial charge in [0.05, 0.1) is 25.4 Å². The number of aliphatic imine (C=N–C) groups is 1. The molecule has 3 rings (SSSR count). The molecule has 1 aromatic heterocycles. The number of aryl methyl sites for hydroxylation is 2. The van der Waals surface area contributed by atoms with Crippen molar-refractivity contribution < 1.29 is 4.74 Å². The van der Waals surface area contributed by atoms with Crippen molar-refractivity contribution in [2.75, 3.05) is 39.8 Å². The molecule has 2 N–H and O–H groups in total. The number of nitrogens with one attached hydrogen (secondary N) is 2. The summed E-state index contributed by atoms with van der Waals surface area (Å²) >= 11 is 0. The van der Waals surface area contributed by atoms with Crippen molar-refractivity contribution in [2.24, 2.45) is 12.0 Å². The Morgan fingerprint density at radius 1 is 1.16 bits per heavy atom. The van der Waals surface area contributed by atoms with Crippen molar-refractivity contribution in [2.45, 2.75) is 46.1 Å². The molecule has 1 saturated heterocycles. The minimum absolute atomic E-state index is 0.284. The van der Waals surface area contributed by atoms with Crippen LogP contribution in [0.4, 0.5) is 0 Å². The van der Waals surface area contributed by atoms with E-state index in [-0.39, 0.29) is 6.04 Å². The van der Waals surface area contributed by atoms with E-state index in [0.717, 1.165) is 56.5 Å². The van der Waals surface area contributed by atoms with Crippen LogP contribution in [0, 0.1) is 13.8 Å². The first-order chi connectivity index (χ1) is 15.0. The molecular formula is C24H38N6O. The topological polar surface area (TPSA) is 66.7 Å². The molecule has 2 heterocycles. The average Bonchev–Trinajstić information content (AvgIpc) is 3.38. The fraction of sp³-hybridized carbons (Fsp3) is 0.583. The van der Waals surface area contributed by atoms with Gasteiger partial charge >= 0.3 is 0 Å². The van der Waals surface area contributed by atoms with Gasteiger partial charge in [-0.15, -0.1) is 0 Å². The van der Waals surface area contributed by atoms with Crippen LogP contribution in [-0.2, 0) is 13.5 Å². The van der Waals surface area contributed by atoms with Gasteiger partial charge in [0.25, 0.3) is 0 Å². The molecule has 1 aliphatic rings. The molecule has 1 aliphatic heterocycles. The van der Waals surface area contributed by atoms with Gasteiger partial charge < -0.3 is 15.4 Å². The molecule has 1 aromatic carbocycles. The third-order valence-corrected chi connectivity index (χ3v) is 6.17.